The molecule has 158 valence electrons. The molecule has 0 fully saturated rings. The van der Waals surface area contributed by atoms with Crippen LogP contribution in [0.5, 0.6) is 5.75 Å². The second-order valence-corrected chi connectivity index (χ2v) is 7.77. The number of hydrogen-bond acceptors (Lipinski definition) is 6. The number of aromatic nitrogens is 1. The highest BCUT2D eigenvalue weighted by Gasteiger charge is 2.26. The highest BCUT2D eigenvalue weighted by Crippen LogP contribution is 2.30. The topological polar surface area (TPSA) is 97.5 Å². The van der Waals surface area contributed by atoms with Crippen molar-refractivity contribution in [3.63, 3.8) is 0 Å². The van der Waals surface area contributed by atoms with Crippen molar-refractivity contribution < 1.29 is 18.7 Å². The van der Waals surface area contributed by atoms with Gasteiger partial charge in [0.2, 0.25) is 0 Å². The summed E-state index contributed by atoms with van der Waals surface area (Å²) in [7, 11) is 0. The molecule has 1 amide bonds. The number of pyridine rings is 1. The van der Waals surface area contributed by atoms with Crippen molar-refractivity contribution in [1.82, 2.24) is 15.2 Å². The molecule has 7 nitrogen and oxygen atoms in total. The first-order valence-corrected chi connectivity index (χ1v) is 10.2. The molecule has 0 saturated heterocycles. The number of hydrogen-bond donors (Lipinski definition) is 2. The number of amides is 1. The molecule has 1 aromatic carbocycles. The molecule has 0 bridgehead atoms. The first-order valence-electron chi connectivity index (χ1n) is 9.42. The van der Waals surface area contributed by atoms with Crippen molar-refractivity contribution in [1.29, 1.82) is 0 Å². The van der Waals surface area contributed by atoms with Gasteiger partial charge in [-0.2, -0.15) is 0 Å². The zero-order valence-corrected chi connectivity index (χ0v) is 18.2. The van der Waals surface area contributed by atoms with Crippen LogP contribution in [-0.4, -0.2) is 34.8 Å². The number of ketones is 1. The molecule has 3 N–H and O–H groups in total. The van der Waals surface area contributed by atoms with Crippen LogP contribution in [0.1, 0.15) is 42.3 Å². The van der Waals surface area contributed by atoms with Crippen LogP contribution in [0.4, 0.5) is 10.2 Å². The molecule has 30 heavy (non-hydrogen) atoms. The second kappa shape index (κ2) is 9.25. The zero-order chi connectivity index (χ0) is 21.8. The molecule has 0 saturated carbocycles. The predicted molar refractivity (Wildman–Crippen MR) is 114 cm³/mol. The summed E-state index contributed by atoms with van der Waals surface area (Å²) in [5.74, 6) is -0.589. The average Bonchev–Trinajstić information content (AvgIpc) is 2.91. The van der Waals surface area contributed by atoms with Crippen molar-refractivity contribution in [3.8, 4) is 5.75 Å². The van der Waals surface area contributed by atoms with Crippen LogP contribution in [0.2, 0.25) is 0 Å². The van der Waals surface area contributed by atoms with Gasteiger partial charge in [0, 0.05) is 33.6 Å². The largest absolute Gasteiger partial charge is 0.482 e. The number of ether oxygens (including phenoxy) is 1. The molecule has 3 rings (SSSR count). The van der Waals surface area contributed by atoms with Crippen LogP contribution in [0, 0.1) is 5.82 Å². The Hall–Kier alpha value is -2.94. The minimum atomic E-state index is -0.696. The number of nitrogens with zero attached hydrogens (tertiary/aromatic N) is 2. The maximum atomic E-state index is 14.0. The van der Waals surface area contributed by atoms with Crippen molar-refractivity contribution in [3.05, 3.63) is 63.7 Å². The van der Waals surface area contributed by atoms with Crippen LogP contribution >= 0.6 is 15.9 Å². The molecule has 1 aromatic heterocycles. The number of nitrogens with two attached hydrogens (primary N) is 1. The van der Waals surface area contributed by atoms with E-state index in [1.165, 1.54) is 35.4 Å². The highest BCUT2D eigenvalue weighted by atomic mass is 79.9. The Morgan fingerprint density at radius 2 is 2.20 bits per heavy atom. The normalized spacial score (nSPS) is 15.1. The van der Waals surface area contributed by atoms with E-state index in [2.05, 4.69) is 26.2 Å². The van der Waals surface area contributed by atoms with Crippen LogP contribution in [0.15, 0.2) is 46.7 Å². The number of halogens is 2. The predicted octanol–water partition coefficient (Wildman–Crippen LogP) is 3.57. The number of anilines is 1. The fourth-order valence-corrected chi connectivity index (χ4v) is 3.43. The Bertz CT molecular complexity index is 1010. The van der Waals surface area contributed by atoms with Crippen molar-refractivity contribution in [2.45, 2.75) is 26.4 Å². The molecule has 9 heteroatoms. The van der Waals surface area contributed by atoms with Gasteiger partial charge in [0.25, 0.3) is 5.91 Å². The minimum absolute atomic E-state index is 0.0656. The van der Waals surface area contributed by atoms with E-state index in [0.29, 0.717) is 22.2 Å². The summed E-state index contributed by atoms with van der Waals surface area (Å²) in [5, 5.41) is 3.09. The molecular formula is C21H22BrFN4O3. The molecule has 2 aromatic rings. The third-order valence-electron chi connectivity index (χ3n) is 4.68. The first-order chi connectivity index (χ1) is 14.3. The lowest BCUT2D eigenvalue weighted by atomic mass is 10.0. The van der Waals surface area contributed by atoms with Gasteiger partial charge in [-0.1, -0.05) is 6.92 Å². The minimum Gasteiger partial charge on any atom is -0.482 e. The van der Waals surface area contributed by atoms with Crippen LogP contribution in [-0.2, 0) is 4.79 Å². The number of carbonyl (C=O) groups excluding carboxylic acids is 2. The van der Waals surface area contributed by atoms with Gasteiger partial charge in [-0.05, 0) is 53.5 Å². The first kappa shape index (κ1) is 21.8. The van der Waals surface area contributed by atoms with Gasteiger partial charge in [-0.15, -0.1) is 0 Å². The third-order valence-corrected chi connectivity index (χ3v) is 5.11. The third kappa shape index (κ3) is 4.96. The lowest BCUT2D eigenvalue weighted by Crippen LogP contribution is -2.40. The molecule has 0 aliphatic carbocycles. The summed E-state index contributed by atoms with van der Waals surface area (Å²) in [6.45, 7) is 3.72. The van der Waals surface area contributed by atoms with E-state index in [-0.39, 0.29) is 30.4 Å². The van der Waals surface area contributed by atoms with Gasteiger partial charge < -0.3 is 20.7 Å². The summed E-state index contributed by atoms with van der Waals surface area (Å²) in [5.41, 5.74) is 7.23. The van der Waals surface area contributed by atoms with E-state index in [1.54, 1.807) is 13.0 Å². The number of rotatable bonds is 5. The summed E-state index contributed by atoms with van der Waals surface area (Å²) in [4.78, 5) is 30.8. The van der Waals surface area contributed by atoms with Crippen molar-refractivity contribution in [2.75, 3.05) is 18.9 Å². The fourth-order valence-electron chi connectivity index (χ4n) is 3.12. The molecule has 0 radical (unpaired) electrons. The van der Waals surface area contributed by atoms with Gasteiger partial charge in [-0.25, -0.2) is 9.37 Å². The molecule has 0 spiro atoms. The van der Waals surface area contributed by atoms with E-state index < -0.39 is 17.8 Å². The molecule has 1 atom stereocenters. The number of nitrogens with one attached hydrogen (secondary N) is 1. The SMILES string of the molecule is CCC1=CC(=O)CN(C(=O)c2ccc(F)cc2C(C)Oc2cc(Br)cnc2N)CN1. The lowest BCUT2D eigenvalue weighted by Gasteiger charge is -2.24. The van der Waals surface area contributed by atoms with Gasteiger partial charge >= 0.3 is 0 Å². The van der Waals surface area contributed by atoms with E-state index in [0.717, 1.165) is 5.70 Å². The standard InChI is InChI=1S/C21H22BrFN4O3/c1-3-15-8-16(28)10-27(11-26-15)21(29)17-5-4-14(23)7-18(17)12(2)30-19-6-13(22)9-25-20(19)24/h4-9,12,26H,3,10-11H2,1-2H3,(H2,24,25). The average molecular weight is 477 g/mol. The molecule has 1 unspecified atom stereocenters. The quantitative estimate of drug-likeness (QED) is 0.684. The van der Waals surface area contributed by atoms with Gasteiger partial charge in [-0.3, -0.25) is 9.59 Å². The summed E-state index contributed by atoms with van der Waals surface area (Å²) in [6.07, 6.45) is 3.00. The van der Waals surface area contributed by atoms with Crippen LogP contribution < -0.4 is 15.8 Å². The fraction of sp³-hybridized carbons (Fsp3) is 0.286. The molecule has 1 aliphatic heterocycles. The zero-order valence-electron chi connectivity index (χ0n) is 16.6. The number of allylic oxidation sites excluding steroid dienone is 1. The van der Waals surface area contributed by atoms with E-state index >= 15 is 0 Å². The van der Waals surface area contributed by atoms with Crippen LogP contribution in [0.25, 0.3) is 0 Å². The van der Waals surface area contributed by atoms with Crippen LogP contribution in [0.3, 0.4) is 0 Å². The molecular weight excluding hydrogens is 455 g/mol. The Morgan fingerprint density at radius 3 is 2.93 bits per heavy atom. The maximum absolute atomic E-state index is 14.0. The van der Waals surface area contributed by atoms with Gasteiger partial charge in [0.15, 0.2) is 17.4 Å². The second-order valence-electron chi connectivity index (χ2n) is 6.86. The van der Waals surface area contributed by atoms with E-state index in [4.69, 9.17) is 10.5 Å². The van der Waals surface area contributed by atoms with Gasteiger partial charge in [0.1, 0.15) is 11.9 Å². The number of carbonyl (C=O) groups is 2. The highest BCUT2D eigenvalue weighted by molar-refractivity contribution is 9.10. The summed E-state index contributed by atoms with van der Waals surface area (Å²) >= 11 is 3.30. The Morgan fingerprint density at radius 1 is 1.43 bits per heavy atom. The summed E-state index contributed by atoms with van der Waals surface area (Å²) in [6, 6.07) is 5.51. The Balaban J connectivity index is 1.88. The van der Waals surface area contributed by atoms with E-state index in [1.807, 2.05) is 6.92 Å². The van der Waals surface area contributed by atoms with Gasteiger partial charge in [0.05, 0.1) is 13.2 Å². The molecule has 2 heterocycles. The van der Waals surface area contributed by atoms with Crippen molar-refractivity contribution in [2.24, 2.45) is 0 Å². The number of nitrogen functional groups attached to an aromatic ring is 1. The molecule has 1 aliphatic rings. The Kier molecular flexibility index (Phi) is 6.71. The lowest BCUT2D eigenvalue weighted by molar-refractivity contribution is -0.115. The smallest absolute Gasteiger partial charge is 0.256 e. The number of benzene rings is 1. The van der Waals surface area contributed by atoms with Crippen molar-refractivity contribution >= 4 is 33.4 Å². The summed E-state index contributed by atoms with van der Waals surface area (Å²) < 4.78 is 20.6. The maximum Gasteiger partial charge on any atom is 0.256 e. The Labute approximate surface area is 182 Å². The monoisotopic (exact) mass is 476 g/mol. The van der Waals surface area contributed by atoms with E-state index in [9.17, 15) is 14.0 Å².